The van der Waals surface area contributed by atoms with Gasteiger partial charge in [-0.2, -0.15) is 4.98 Å². The summed E-state index contributed by atoms with van der Waals surface area (Å²) in [5.41, 5.74) is 1.91. The second-order valence-corrected chi connectivity index (χ2v) is 7.13. The second-order valence-electron chi connectivity index (χ2n) is 7.13. The lowest BCUT2D eigenvalue weighted by Gasteiger charge is -2.27. The van der Waals surface area contributed by atoms with Crippen molar-refractivity contribution in [2.45, 2.75) is 6.54 Å². The van der Waals surface area contributed by atoms with Gasteiger partial charge in [0.15, 0.2) is 0 Å². The first kappa shape index (κ1) is 20.3. The maximum absolute atomic E-state index is 5.80. The fourth-order valence-corrected chi connectivity index (χ4v) is 3.31. The summed E-state index contributed by atoms with van der Waals surface area (Å²) >= 11 is 0. The molecule has 7 heteroatoms. The van der Waals surface area contributed by atoms with Crippen LogP contribution in [-0.4, -0.2) is 62.7 Å². The highest BCUT2D eigenvalue weighted by molar-refractivity contribution is 5.83. The number of benzene rings is 2. The fraction of sp³-hybridized carbons (Fsp3) is 0.348. The summed E-state index contributed by atoms with van der Waals surface area (Å²) in [6.45, 7) is 4.80. The highest BCUT2D eigenvalue weighted by atomic mass is 16.5. The van der Waals surface area contributed by atoms with Crippen molar-refractivity contribution in [1.82, 2.24) is 15.3 Å². The molecule has 1 N–H and O–H groups in total. The molecule has 156 valence electrons. The normalized spacial score (nSPS) is 14.5. The largest absolute Gasteiger partial charge is 0.476 e. The summed E-state index contributed by atoms with van der Waals surface area (Å²) in [6, 6.07) is 16.6. The SMILES string of the molecule is CNCCOc1cc(C=NCc2ccc3ccccc3c2)nc(N2CCOCC2)n1. The van der Waals surface area contributed by atoms with Crippen molar-refractivity contribution >= 4 is 22.9 Å². The van der Waals surface area contributed by atoms with Crippen LogP contribution < -0.4 is 15.0 Å². The third kappa shape index (κ3) is 5.31. The minimum atomic E-state index is 0.545. The molecule has 7 nitrogen and oxygen atoms in total. The molecule has 0 aliphatic carbocycles. The van der Waals surface area contributed by atoms with Crippen LogP contribution in [0.2, 0.25) is 0 Å². The molecule has 2 aromatic carbocycles. The molecule has 1 aliphatic heterocycles. The zero-order valence-electron chi connectivity index (χ0n) is 17.3. The van der Waals surface area contributed by atoms with E-state index in [1.807, 2.05) is 13.1 Å². The van der Waals surface area contributed by atoms with Crippen LogP contribution in [-0.2, 0) is 11.3 Å². The Hall–Kier alpha value is -3.03. The number of likely N-dealkylation sites (N-methyl/N-ethyl adjacent to an activating group) is 1. The number of nitrogens with zero attached hydrogens (tertiary/aromatic N) is 4. The van der Waals surface area contributed by atoms with E-state index in [2.05, 4.69) is 67.6 Å². The summed E-state index contributed by atoms with van der Waals surface area (Å²) in [7, 11) is 1.90. The Morgan fingerprint density at radius 3 is 2.77 bits per heavy atom. The van der Waals surface area contributed by atoms with Crippen LogP contribution in [0.15, 0.2) is 53.5 Å². The maximum Gasteiger partial charge on any atom is 0.229 e. The zero-order valence-corrected chi connectivity index (χ0v) is 17.3. The van der Waals surface area contributed by atoms with Gasteiger partial charge in [-0.05, 0) is 29.4 Å². The lowest BCUT2D eigenvalue weighted by molar-refractivity contribution is 0.122. The van der Waals surface area contributed by atoms with Crippen molar-refractivity contribution in [1.29, 1.82) is 0 Å². The van der Waals surface area contributed by atoms with Crippen LogP contribution in [0.25, 0.3) is 10.8 Å². The number of aliphatic imine (C=N–C) groups is 1. The van der Waals surface area contributed by atoms with Crippen LogP contribution in [0.5, 0.6) is 5.88 Å². The van der Waals surface area contributed by atoms with E-state index >= 15 is 0 Å². The maximum atomic E-state index is 5.80. The molecule has 0 atom stereocenters. The summed E-state index contributed by atoms with van der Waals surface area (Å²) in [6.07, 6.45) is 1.80. The van der Waals surface area contributed by atoms with Gasteiger partial charge in [0.2, 0.25) is 11.8 Å². The summed E-state index contributed by atoms with van der Waals surface area (Å²) in [5.74, 6) is 1.22. The minimum absolute atomic E-state index is 0.545. The Morgan fingerprint density at radius 2 is 1.93 bits per heavy atom. The molecule has 0 unspecified atom stereocenters. The number of hydrogen-bond acceptors (Lipinski definition) is 7. The van der Waals surface area contributed by atoms with Gasteiger partial charge in [-0.25, -0.2) is 4.98 Å². The number of hydrogen-bond donors (Lipinski definition) is 1. The van der Waals surface area contributed by atoms with Crippen LogP contribution in [0, 0.1) is 0 Å². The predicted molar refractivity (Wildman–Crippen MR) is 120 cm³/mol. The summed E-state index contributed by atoms with van der Waals surface area (Å²) < 4.78 is 11.2. The Morgan fingerprint density at radius 1 is 1.10 bits per heavy atom. The minimum Gasteiger partial charge on any atom is -0.476 e. The van der Waals surface area contributed by atoms with Gasteiger partial charge in [-0.15, -0.1) is 0 Å². The van der Waals surface area contributed by atoms with E-state index in [1.54, 1.807) is 6.21 Å². The molecule has 30 heavy (non-hydrogen) atoms. The molecule has 2 heterocycles. The van der Waals surface area contributed by atoms with Gasteiger partial charge < -0.3 is 19.7 Å². The third-order valence-corrected chi connectivity index (χ3v) is 4.92. The molecule has 0 amide bonds. The first-order valence-corrected chi connectivity index (χ1v) is 10.3. The van der Waals surface area contributed by atoms with Crippen molar-refractivity contribution in [3.63, 3.8) is 0 Å². The number of fused-ring (bicyclic) bond motifs is 1. The molecule has 0 bridgehead atoms. The number of ether oxygens (including phenoxy) is 2. The molecule has 0 saturated carbocycles. The fourth-order valence-electron chi connectivity index (χ4n) is 3.31. The Bertz CT molecular complexity index is 1000. The molecule has 0 spiro atoms. The van der Waals surface area contributed by atoms with Gasteiger partial charge in [-0.3, -0.25) is 4.99 Å². The Balaban J connectivity index is 1.50. The van der Waals surface area contributed by atoms with Gasteiger partial charge in [-0.1, -0.05) is 36.4 Å². The molecule has 0 radical (unpaired) electrons. The van der Waals surface area contributed by atoms with Gasteiger partial charge in [0.05, 0.1) is 25.5 Å². The van der Waals surface area contributed by atoms with Crippen LogP contribution in [0.3, 0.4) is 0 Å². The van der Waals surface area contributed by atoms with E-state index in [0.717, 1.165) is 30.9 Å². The Kier molecular flexibility index (Phi) is 6.84. The van der Waals surface area contributed by atoms with Crippen LogP contribution in [0.1, 0.15) is 11.3 Å². The van der Waals surface area contributed by atoms with Crippen LogP contribution in [0.4, 0.5) is 5.95 Å². The van der Waals surface area contributed by atoms with Crippen molar-refractivity contribution in [2.75, 3.05) is 51.4 Å². The van der Waals surface area contributed by atoms with E-state index in [9.17, 15) is 0 Å². The molecule has 1 aromatic heterocycles. The predicted octanol–water partition coefficient (Wildman–Crippen LogP) is 2.68. The van der Waals surface area contributed by atoms with Crippen molar-refractivity contribution in [3.8, 4) is 5.88 Å². The van der Waals surface area contributed by atoms with E-state index in [0.29, 0.717) is 38.2 Å². The molecule has 1 saturated heterocycles. The van der Waals surface area contributed by atoms with Crippen molar-refractivity contribution in [2.24, 2.45) is 4.99 Å². The van der Waals surface area contributed by atoms with E-state index < -0.39 is 0 Å². The standard InChI is InChI=1S/C23H27N5O2/c1-24-8-11-30-22-15-21(26-23(27-22)28-9-12-29-13-10-28)17-25-16-18-6-7-19-4-2-3-5-20(19)14-18/h2-7,14-15,17,24H,8-13,16H2,1H3. The van der Waals surface area contributed by atoms with Gasteiger partial charge in [0.1, 0.15) is 6.61 Å². The van der Waals surface area contributed by atoms with Gasteiger partial charge >= 0.3 is 0 Å². The van der Waals surface area contributed by atoms with Gasteiger partial charge in [0.25, 0.3) is 0 Å². The lowest BCUT2D eigenvalue weighted by atomic mass is 10.1. The molecule has 1 fully saturated rings. The first-order chi connectivity index (χ1) is 14.8. The molecule has 1 aliphatic rings. The number of rotatable bonds is 8. The molecular formula is C23H27N5O2. The number of nitrogens with one attached hydrogen (secondary N) is 1. The monoisotopic (exact) mass is 405 g/mol. The van der Waals surface area contributed by atoms with E-state index in [-0.39, 0.29) is 0 Å². The summed E-state index contributed by atoms with van der Waals surface area (Å²) in [4.78, 5) is 16.0. The first-order valence-electron chi connectivity index (χ1n) is 10.3. The van der Waals surface area contributed by atoms with Crippen LogP contribution >= 0.6 is 0 Å². The topological polar surface area (TPSA) is 71.9 Å². The van der Waals surface area contributed by atoms with E-state index in [4.69, 9.17) is 9.47 Å². The second kappa shape index (κ2) is 10.1. The average Bonchev–Trinajstić information content (AvgIpc) is 2.80. The smallest absolute Gasteiger partial charge is 0.229 e. The number of aromatic nitrogens is 2. The van der Waals surface area contributed by atoms with Crippen molar-refractivity contribution in [3.05, 3.63) is 59.8 Å². The van der Waals surface area contributed by atoms with Gasteiger partial charge in [0, 0.05) is 31.9 Å². The lowest BCUT2D eigenvalue weighted by Crippen LogP contribution is -2.37. The molecule has 4 rings (SSSR count). The highest BCUT2D eigenvalue weighted by Crippen LogP contribution is 2.18. The summed E-state index contributed by atoms with van der Waals surface area (Å²) in [5, 5.41) is 5.53. The quantitative estimate of drug-likeness (QED) is 0.459. The third-order valence-electron chi connectivity index (χ3n) is 4.92. The Labute approximate surface area is 176 Å². The average molecular weight is 406 g/mol. The number of morpholine rings is 1. The van der Waals surface area contributed by atoms with Crippen molar-refractivity contribution < 1.29 is 9.47 Å². The zero-order chi connectivity index (χ0) is 20.6. The highest BCUT2D eigenvalue weighted by Gasteiger charge is 2.16. The number of anilines is 1. The van der Waals surface area contributed by atoms with E-state index in [1.165, 1.54) is 10.8 Å². The molecule has 3 aromatic rings. The molecular weight excluding hydrogens is 378 g/mol.